The van der Waals surface area contributed by atoms with E-state index in [0.29, 0.717) is 6.61 Å². The smallest absolute Gasteiger partial charge is 0.314 e. The zero-order valence-electron chi connectivity index (χ0n) is 10.3. The molecule has 94 valence electrons. The predicted octanol–water partition coefficient (Wildman–Crippen LogP) is 1.84. The molecule has 0 aliphatic rings. The molecule has 1 aromatic carbocycles. The number of para-hydroxylation sites is 1. The molecule has 18 heavy (non-hydrogen) atoms. The summed E-state index contributed by atoms with van der Waals surface area (Å²) in [5, 5.41) is 0.998. The molecule has 0 saturated carbocycles. The van der Waals surface area contributed by atoms with Crippen LogP contribution in [0.15, 0.2) is 36.5 Å². The third-order valence-electron chi connectivity index (χ3n) is 2.82. The molecule has 0 amide bonds. The second-order valence-corrected chi connectivity index (χ2v) is 4.00. The van der Waals surface area contributed by atoms with Gasteiger partial charge in [-0.05, 0) is 24.6 Å². The first-order valence-electron chi connectivity index (χ1n) is 5.97. The third-order valence-corrected chi connectivity index (χ3v) is 2.82. The molecular weight excluding hydrogens is 228 g/mol. The Morgan fingerprint density at radius 2 is 2.22 bits per heavy atom. The monoisotopic (exact) mass is 244 g/mol. The van der Waals surface area contributed by atoms with Crippen LogP contribution in [-0.2, 0) is 9.53 Å². The standard InChI is InChI=1S/C14H16N2O2/c1-2-18-14(17)12(8-15)11-7-10-5-3-4-6-13(10)16-9-11/h3-7,9,12H,2,8,15H2,1H3/t12-/m1/s1. The quantitative estimate of drug-likeness (QED) is 0.833. The van der Waals surface area contributed by atoms with E-state index in [0.717, 1.165) is 16.5 Å². The Hall–Kier alpha value is -1.94. The summed E-state index contributed by atoms with van der Waals surface area (Å²) in [6.45, 7) is 2.36. The number of aromatic nitrogens is 1. The van der Waals surface area contributed by atoms with Crippen LogP contribution in [0.4, 0.5) is 0 Å². The number of pyridine rings is 1. The van der Waals surface area contributed by atoms with Crippen LogP contribution in [0.1, 0.15) is 18.4 Å². The number of carbonyl (C=O) groups is 1. The average molecular weight is 244 g/mol. The van der Waals surface area contributed by atoms with Gasteiger partial charge in [-0.15, -0.1) is 0 Å². The molecule has 0 saturated heterocycles. The van der Waals surface area contributed by atoms with Crippen molar-refractivity contribution in [2.45, 2.75) is 12.8 Å². The molecule has 0 aliphatic carbocycles. The summed E-state index contributed by atoms with van der Waals surface area (Å²) >= 11 is 0. The minimum atomic E-state index is -0.443. The first kappa shape index (κ1) is 12.5. The van der Waals surface area contributed by atoms with Crippen molar-refractivity contribution in [1.29, 1.82) is 0 Å². The van der Waals surface area contributed by atoms with E-state index in [4.69, 9.17) is 10.5 Å². The zero-order chi connectivity index (χ0) is 13.0. The number of carbonyl (C=O) groups excluding carboxylic acids is 1. The van der Waals surface area contributed by atoms with Gasteiger partial charge >= 0.3 is 5.97 Å². The fraction of sp³-hybridized carbons (Fsp3) is 0.286. The fourth-order valence-corrected chi connectivity index (χ4v) is 1.89. The van der Waals surface area contributed by atoms with Crippen LogP contribution >= 0.6 is 0 Å². The van der Waals surface area contributed by atoms with Crippen molar-refractivity contribution in [1.82, 2.24) is 4.98 Å². The van der Waals surface area contributed by atoms with Crippen LogP contribution in [-0.4, -0.2) is 24.1 Å². The number of benzene rings is 1. The van der Waals surface area contributed by atoms with Gasteiger partial charge in [0.15, 0.2) is 0 Å². The number of esters is 1. The van der Waals surface area contributed by atoms with Gasteiger partial charge in [-0.2, -0.15) is 0 Å². The molecule has 0 radical (unpaired) electrons. The van der Waals surface area contributed by atoms with Gasteiger partial charge < -0.3 is 10.5 Å². The summed E-state index contributed by atoms with van der Waals surface area (Å²) in [6.07, 6.45) is 1.69. The highest BCUT2D eigenvalue weighted by molar-refractivity contribution is 5.83. The molecule has 1 atom stereocenters. The van der Waals surface area contributed by atoms with Crippen molar-refractivity contribution < 1.29 is 9.53 Å². The molecule has 1 heterocycles. The third kappa shape index (κ3) is 2.49. The van der Waals surface area contributed by atoms with Crippen LogP contribution in [0.25, 0.3) is 10.9 Å². The fourth-order valence-electron chi connectivity index (χ4n) is 1.89. The minimum absolute atomic E-state index is 0.221. The summed E-state index contributed by atoms with van der Waals surface area (Å²) in [7, 11) is 0. The molecule has 4 nitrogen and oxygen atoms in total. The van der Waals surface area contributed by atoms with Crippen LogP contribution in [0, 0.1) is 0 Å². The van der Waals surface area contributed by atoms with Crippen molar-refractivity contribution >= 4 is 16.9 Å². The Morgan fingerprint density at radius 1 is 1.44 bits per heavy atom. The van der Waals surface area contributed by atoms with Gasteiger partial charge in [0.1, 0.15) is 0 Å². The largest absolute Gasteiger partial charge is 0.465 e. The SMILES string of the molecule is CCOC(=O)[C@H](CN)c1cnc2ccccc2c1. The molecule has 0 fully saturated rings. The average Bonchev–Trinajstić information content (AvgIpc) is 2.40. The van der Waals surface area contributed by atoms with E-state index < -0.39 is 5.92 Å². The lowest BCUT2D eigenvalue weighted by Gasteiger charge is -2.13. The van der Waals surface area contributed by atoms with Gasteiger partial charge in [-0.25, -0.2) is 0 Å². The zero-order valence-corrected chi connectivity index (χ0v) is 10.3. The predicted molar refractivity (Wildman–Crippen MR) is 70.2 cm³/mol. The van der Waals surface area contributed by atoms with Crippen molar-refractivity contribution in [3.63, 3.8) is 0 Å². The summed E-state index contributed by atoms with van der Waals surface area (Å²) in [4.78, 5) is 16.1. The lowest BCUT2D eigenvalue weighted by atomic mass is 9.99. The molecule has 0 bridgehead atoms. The lowest BCUT2D eigenvalue weighted by molar-refractivity contribution is -0.144. The van der Waals surface area contributed by atoms with Crippen molar-refractivity contribution in [2.24, 2.45) is 5.73 Å². The van der Waals surface area contributed by atoms with Crippen molar-refractivity contribution in [3.05, 3.63) is 42.1 Å². The van der Waals surface area contributed by atoms with Crippen LogP contribution in [0.3, 0.4) is 0 Å². The highest BCUT2D eigenvalue weighted by atomic mass is 16.5. The molecule has 0 aliphatic heterocycles. The molecular formula is C14H16N2O2. The van der Waals surface area contributed by atoms with Crippen LogP contribution in [0.5, 0.6) is 0 Å². The lowest BCUT2D eigenvalue weighted by Crippen LogP contribution is -2.23. The van der Waals surface area contributed by atoms with E-state index in [9.17, 15) is 4.79 Å². The highest BCUT2D eigenvalue weighted by Crippen LogP contribution is 2.20. The molecule has 4 heteroatoms. The summed E-state index contributed by atoms with van der Waals surface area (Å²) < 4.78 is 5.01. The number of hydrogen-bond donors (Lipinski definition) is 1. The summed E-state index contributed by atoms with van der Waals surface area (Å²) in [6, 6.07) is 9.71. The number of fused-ring (bicyclic) bond motifs is 1. The highest BCUT2D eigenvalue weighted by Gasteiger charge is 2.20. The van der Waals surface area contributed by atoms with Gasteiger partial charge in [0.25, 0.3) is 0 Å². The van der Waals surface area contributed by atoms with Crippen molar-refractivity contribution in [3.8, 4) is 0 Å². The van der Waals surface area contributed by atoms with Crippen molar-refractivity contribution in [2.75, 3.05) is 13.2 Å². The topological polar surface area (TPSA) is 65.2 Å². The molecule has 0 unspecified atom stereocenters. The number of nitrogens with two attached hydrogens (primary N) is 1. The Kier molecular flexibility index (Phi) is 3.89. The Balaban J connectivity index is 2.36. The molecule has 0 spiro atoms. The number of rotatable bonds is 4. The van der Waals surface area contributed by atoms with Gasteiger partial charge in [0.2, 0.25) is 0 Å². The summed E-state index contributed by atoms with van der Waals surface area (Å²) in [5.41, 5.74) is 7.36. The second kappa shape index (κ2) is 5.60. The van der Waals surface area contributed by atoms with E-state index in [-0.39, 0.29) is 12.5 Å². The van der Waals surface area contributed by atoms with E-state index >= 15 is 0 Å². The van der Waals surface area contributed by atoms with Gasteiger partial charge in [0, 0.05) is 18.1 Å². The molecule has 2 rings (SSSR count). The first-order chi connectivity index (χ1) is 8.76. The Morgan fingerprint density at radius 3 is 2.94 bits per heavy atom. The normalized spacial score (nSPS) is 12.3. The van der Waals surface area contributed by atoms with Crippen LogP contribution < -0.4 is 5.73 Å². The second-order valence-electron chi connectivity index (χ2n) is 4.00. The maximum absolute atomic E-state index is 11.8. The molecule has 2 N–H and O–H groups in total. The maximum Gasteiger partial charge on any atom is 0.314 e. The minimum Gasteiger partial charge on any atom is -0.465 e. The first-order valence-corrected chi connectivity index (χ1v) is 5.97. The van der Waals surface area contributed by atoms with E-state index in [1.165, 1.54) is 0 Å². The number of hydrogen-bond acceptors (Lipinski definition) is 4. The van der Waals surface area contributed by atoms with Gasteiger partial charge in [-0.3, -0.25) is 9.78 Å². The molecule has 2 aromatic rings. The van der Waals surface area contributed by atoms with Gasteiger partial charge in [-0.1, -0.05) is 18.2 Å². The van der Waals surface area contributed by atoms with Crippen LogP contribution in [0.2, 0.25) is 0 Å². The maximum atomic E-state index is 11.8. The van der Waals surface area contributed by atoms with Gasteiger partial charge in [0.05, 0.1) is 18.0 Å². The van der Waals surface area contributed by atoms with E-state index in [1.54, 1.807) is 13.1 Å². The summed E-state index contributed by atoms with van der Waals surface area (Å²) in [5.74, 6) is -0.737. The van der Waals surface area contributed by atoms with E-state index in [1.807, 2.05) is 30.3 Å². The Bertz CT molecular complexity index is 554. The number of ether oxygens (including phenoxy) is 1. The van der Waals surface area contributed by atoms with E-state index in [2.05, 4.69) is 4.98 Å². The Labute approximate surface area is 106 Å². The molecule has 1 aromatic heterocycles. The number of nitrogens with zero attached hydrogens (tertiary/aromatic N) is 1.